The second-order valence-electron chi connectivity index (χ2n) is 4.84. The van der Waals surface area contributed by atoms with E-state index in [1.54, 1.807) is 12.1 Å². The number of benzene rings is 1. The first-order valence-electron chi connectivity index (χ1n) is 6.58. The highest BCUT2D eigenvalue weighted by atomic mass is 19.1. The van der Waals surface area contributed by atoms with E-state index >= 15 is 0 Å². The number of hydrogen-bond donors (Lipinski definition) is 2. The molecule has 1 aliphatic heterocycles. The molecule has 110 valence electrons. The smallest absolute Gasteiger partial charge is 0.261 e. The van der Waals surface area contributed by atoms with Crippen molar-refractivity contribution in [3.05, 3.63) is 53.7 Å². The van der Waals surface area contributed by atoms with Crippen LogP contribution in [-0.2, 0) is 11.2 Å². The summed E-state index contributed by atoms with van der Waals surface area (Å²) in [6, 6.07) is 7.45. The fourth-order valence-corrected chi connectivity index (χ4v) is 2.26. The van der Waals surface area contributed by atoms with Gasteiger partial charge in [0, 0.05) is 12.0 Å². The molecule has 2 unspecified atom stereocenters. The van der Waals surface area contributed by atoms with Crippen LogP contribution in [-0.4, -0.2) is 23.7 Å². The highest BCUT2D eigenvalue weighted by Gasteiger charge is 2.29. The second-order valence-corrected chi connectivity index (χ2v) is 4.84. The van der Waals surface area contributed by atoms with Crippen LogP contribution in [0.4, 0.5) is 4.39 Å². The normalized spacial score (nSPS) is 17.9. The van der Waals surface area contributed by atoms with E-state index in [2.05, 4.69) is 5.32 Å². The summed E-state index contributed by atoms with van der Waals surface area (Å²) >= 11 is 0. The van der Waals surface area contributed by atoms with Crippen molar-refractivity contribution in [3.63, 3.8) is 0 Å². The number of aliphatic hydroxyl groups is 1. The van der Waals surface area contributed by atoms with E-state index in [0.717, 1.165) is 0 Å². The lowest BCUT2D eigenvalue weighted by Crippen LogP contribution is -2.39. The monoisotopic (exact) mass is 291 g/mol. The van der Waals surface area contributed by atoms with Crippen LogP contribution in [0.25, 0.3) is 0 Å². The molecular formula is C15H14FNO4. The minimum atomic E-state index is -0.912. The molecule has 6 heteroatoms. The topological polar surface area (TPSA) is 71.7 Å². The molecular weight excluding hydrogens is 277 g/mol. The Morgan fingerprint density at radius 3 is 3.10 bits per heavy atom. The maximum Gasteiger partial charge on any atom is 0.261 e. The number of furan rings is 1. The molecule has 1 aromatic carbocycles. The lowest BCUT2D eigenvalue weighted by Gasteiger charge is -2.13. The number of fused-ring (bicyclic) bond motifs is 1. The number of halogens is 1. The molecule has 2 N–H and O–H groups in total. The van der Waals surface area contributed by atoms with E-state index in [9.17, 15) is 14.3 Å². The zero-order chi connectivity index (χ0) is 14.8. The molecule has 5 nitrogen and oxygen atoms in total. The largest absolute Gasteiger partial charge is 0.480 e. The van der Waals surface area contributed by atoms with Crippen molar-refractivity contribution < 1.29 is 23.4 Å². The minimum absolute atomic E-state index is 0.0247. The summed E-state index contributed by atoms with van der Waals surface area (Å²) in [5.74, 6) is 0.194. The molecule has 0 fully saturated rings. The predicted molar refractivity (Wildman–Crippen MR) is 71.2 cm³/mol. The summed E-state index contributed by atoms with van der Waals surface area (Å²) in [5, 5.41) is 12.4. The maximum absolute atomic E-state index is 13.1. The van der Waals surface area contributed by atoms with Crippen molar-refractivity contribution in [2.45, 2.75) is 18.6 Å². The molecule has 0 radical (unpaired) electrons. The number of carbonyl (C=O) groups is 1. The number of rotatable bonds is 4. The molecule has 0 spiro atoms. The van der Waals surface area contributed by atoms with Crippen molar-refractivity contribution in [1.29, 1.82) is 0 Å². The zero-order valence-electron chi connectivity index (χ0n) is 11.1. The lowest BCUT2D eigenvalue weighted by atomic mass is 10.1. The summed E-state index contributed by atoms with van der Waals surface area (Å²) in [5.41, 5.74) is 0.668. The molecule has 0 saturated carbocycles. The third-order valence-corrected chi connectivity index (χ3v) is 3.33. The number of nitrogens with one attached hydrogen (secondary N) is 1. The fraction of sp³-hybridized carbons (Fsp3) is 0.267. The van der Waals surface area contributed by atoms with E-state index in [0.29, 0.717) is 23.5 Å². The van der Waals surface area contributed by atoms with E-state index in [4.69, 9.17) is 9.15 Å². The molecule has 2 aromatic rings. The van der Waals surface area contributed by atoms with Gasteiger partial charge in [0.25, 0.3) is 5.91 Å². The van der Waals surface area contributed by atoms with Gasteiger partial charge in [-0.05, 0) is 30.3 Å². The van der Waals surface area contributed by atoms with Gasteiger partial charge in [-0.1, -0.05) is 0 Å². The van der Waals surface area contributed by atoms with Gasteiger partial charge in [0.15, 0.2) is 6.10 Å². The lowest BCUT2D eigenvalue weighted by molar-refractivity contribution is -0.127. The van der Waals surface area contributed by atoms with Crippen molar-refractivity contribution in [1.82, 2.24) is 5.32 Å². The van der Waals surface area contributed by atoms with E-state index in [-0.39, 0.29) is 18.3 Å². The molecule has 1 amide bonds. The standard InChI is InChI=1S/C15H14FNO4/c16-10-3-4-12-9(6-10)7-14(21-12)15(19)17-8-11(18)13-2-1-5-20-13/h1-6,11,14,18H,7-8H2,(H,17,19). The minimum Gasteiger partial charge on any atom is -0.480 e. The summed E-state index contributed by atoms with van der Waals surface area (Å²) < 4.78 is 23.6. The second kappa shape index (κ2) is 5.57. The van der Waals surface area contributed by atoms with E-state index in [1.165, 1.54) is 24.5 Å². The Morgan fingerprint density at radius 1 is 1.48 bits per heavy atom. The van der Waals surface area contributed by atoms with Crippen LogP contribution in [0.5, 0.6) is 5.75 Å². The molecule has 0 saturated heterocycles. The van der Waals surface area contributed by atoms with Crippen LogP contribution in [0.15, 0.2) is 41.0 Å². The van der Waals surface area contributed by atoms with Crippen LogP contribution in [0.2, 0.25) is 0 Å². The molecule has 0 aliphatic carbocycles. The van der Waals surface area contributed by atoms with E-state index < -0.39 is 12.2 Å². The Kier molecular flexibility index (Phi) is 3.62. The Bertz CT molecular complexity index is 641. The van der Waals surface area contributed by atoms with Crippen LogP contribution < -0.4 is 10.1 Å². The average Bonchev–Trinajstić information content (AvgIpc) is 3.12. The quantitative estimate of drug-likeness (QED) is 0.897. The highest BCUT2D eigenvalue weighted by Crippen LogP contribution is 2.29. The van der Waals surface area contributed by atoms with Gasteiger partial charge in [0.05, 0.1) is 12.8 Å². The van der Waals surface area contributed by atoms with Crippen LogP contribution in [0.3, 0.4) is 0 Å². The van der Waals surface area contributed by atoms with Crippen molar-refractivity contribution in [2.75, 3.05) is 6.54 Å². The third-order valence-electron chi connectivity index (χ3n) is 3.33. The average molecular weight is 291 g/mol. The number of carbonyl (C=O) groups excluding carboxylic acids is 1. The molecule has 1 aromatic heterocycles. The molecule has 1 aliphatic rings. The molecule has 0 bridgehead atoms. The number of aliphatic hydroxyl groups excluding tert-OH is 1. The van der Waals surface area contributed by atoms with Gasteiger partial charge in [-0.2, -0.15) is 0 Å². The number of amides is 1. The summed E-state index contributed by atoms with van der Waals surface area (Å²) in [6.45, 7) is 0.0247. The molecule has 2 atom stereocenters. The number of ether oxygens (including phenoxy) is 1. The van der Waals surface area contributed by atoms with Gasteiger partial charge in [-0.3, -0.25) is 4.79 Å². The zero-order valence-corrected chi connectivity index (χ0v) is 11.1. The van der Waals surface area contributed by atoms with Gasteiger partial charge < -0.3 is 19.6 Å². The highest BCUT2D eigenvalue weighted by molar-refractivity contribution is 5.82. The molecule has 3 rings (SSSR count). The maximum atomic E-state index is 13.1. The Morgan fingerprint density at radius 2 is 2.33 bits per heavy atom. The van der Waals surface area contributed by atoms with Gasteiger partial charge in [-0.25, -0.2) is 4.39 Å². The van der Waals surface area contributed by atoms with Gasteiger partial charge in [0.1, 0.15) is 23.4 Å². The Labute approximate surface area is 120 Å². The first-order valence-corrected chi connectivity index (χ1v) is 6.58. The van der Waals surface area contributed by atoms with Crippen molar-refractivity contribution in [3.8, 4) is 5.75 Å². The predicted octanol–water partition coefficient (Wildman–Crippen LogP) is 1.57. The Balaban J connectivity index is 1.56. The van der Waals surface area contributed by atoms with Gasteiger partial charge in [-0.15, -0.1) is 0 Å². The third kappa shape index (κ3) is 2.90. The van der Waals surface area contributed by atoms with Crippen LogP contribution in [0.1, 0.15) is 17.4 Å². The van der Waals surface area contributed by atoms with Crippen LogP contribution >= 0.6 is 0 Å². The molecule has 21 heavy (non-hydrogen) atoms. The Hall–Kier alpha value is -2.34. The van der Waals surface area contributed by atoms with E-state index in [1.807, 2.05) is 0 Å². The van der Waals surface area contributed by atoms with Gasteiger partial charge in [0.2, 0.25) is 0 Å². The van der Waals surface area contributed by atoms with Crippen molar-refractivity contribution >= 4 is 5.91 Å². The first kappa shape index (κ1) is 13.6. The summed E-state index contributed by atoms with van der Waals surface area (Å²) in [6.07, 6.45) is 0.150. The summed E-state index contributed by atoms with van der Waals surface area (Å²) in [7, 11) is 0. The SMILES string of the molecule is O=C(NCC(O)c1ccco1)C1Cc2cc(F)ccc2O1. The first-order chi connectivity index (χ1) is 10.1. The summed E-state index contributed by atoms with van der Waals surface area (Å²) in [4.78, 5) is 12.0. The molecule has 2 heterocycles. The van der Waals surface area contributed by atoms with Gasteiger partial charge >= 0.3 is 0 Å². The number of hydrogen-bond acceptors (Lipinski definition) is 4. The fourth-order valence-electron chi connectivity index (χ4n) is 2.26. The van der Waals surface area contributed by atoms with Crippen LogP contribution in [0, 0.1) is 5.82 Å². The van der Waals surface area contributed by atoms with Crippen molar-refractivity contribution in [2.24, 2.45) is 0 Å².